The van der Waals surface area contributed by atoms with E-state index in [9.17, 15) is 4.79 Å². The van der Waals surface area contributed by atoms with E-state index in [0.717, 1.165) is 0 Å². The minimum Gasteiger partial charge on any atom is -0.351 e. The molecule has 0 aliphatic carbocycles. The zero-order valence-electron chi connectivity index (χ0n) is 5.34. The first-order valence-corrected chi connectivity index (χ1v) is 3.12. The average Bonchev–Trinajstić information content (AvgIpc) is 1.98. The van der Waals surface area contributed by atoms with Crippen LogP contribution >= 0.6 is 12.2 Å². The summed E-state index contributed by atoms with van der Waals surface area (Å²) in [6.07, 6.45) is 0. The summed E-state index contributed by atoms with van der Waals surface area (Å²) in [7, 11) is 1.67. The number of likely N-dealkylation sites (N-methyl/N-ethyl adjacent to an activating group) is 1. The number of rotatable bonds is 0. The molecule has 0 spiro atoms. The fraction of sp³-hybridized carbons (Fsp3) is 0.600. The molecular weight excluding hydrogens is 136 g/mol. The van der Waals surface area contributed by atoms with Crippen molar-refractivity contribution < 1.29 is 4.79 Å². The lowest BCUT2D eigenvalue weighted by Gasteiger charge is -2.03. The van der Waals surface area contributed by atoms with Crippen LogP contribution in [0.1, 0.15) is 6.92 Å². The van der Waals surface area contributed by atoms with Crippen molar-refractivity contribution in [2.24, 2.45) is 0 Å². The molecule has 0 aromatic rings. The normalized spacial score (nSPS) is 26.9. The Bertz CT molecular complexity index is 168. The topological polar surface area (TPSA) is 32.3 Å². The van der Waals surface area contributed by atoms with Crippen molar-refractivity contribution >= 4 is 23.2 Å². The van der Waals surface area contributed by atoms with Gasteiger partial charge in [-0.05, 0) is 19.1 Å². The maximum absolute atomic E-state index is 10.9. The molecule has 4 heteroatoms. The predicted molar refractivity (Wildman–Crippen MR) is 38.0 cm³/mol. The van der Waals surface area contributed by atoms with Crippen molar-refractivity contribution in [2.45, 2.75) is 13.0 Å². The van der Waals surface area contributed by atoms with Gasteiger partial charge >= 0.3 is 0 Å². The van der Waals surface area contributed by atoms with Crippen LogP contribution in [-0.2, 0) is 4.79 Å². The highest BCUT2D eigenvalue weighted by Crippen LogP contribution is 2.01. The second-order valence-electron chi connectivity index (χ2n) is 2.07. The maximum atomic E-state index is 10.9. The van der Waals surface area contributed by atoms with E-state index in [1.54, 1.807) is 14.0 Å². The van der Waals surface area contributed by atoms with E-state index in [0.29, 0.717) is 5.11 Å². The summed E-state index contributed by atoms with van der Waals surface area (Å²) in [5.41, 5.74) is 0. The van der Waals surface area contributed by atoms with E-state index in [2.05, 4.69) is 5.32 Å². The largest absolute Gasteiger partial charge is 0.351 e. The van der Waals surface area contributed by atoms with Crippen LogP contribution in [0.4, 0.5) is 0 Å². The monoisotopic (exact) mass is 144 g/mol. The number of amides is 1. The Kier molecular flexibility index (Phi) is 1.40. The van der Waals surface area contributed by atoms with Gasteiger partial charge in [0.2, 0.25) is 0 Å². The van der Waals surface area contributed by atoms with Crippen LogP contribution < -0.4 is 5.32 Å². The Morgan fingerprint density at radius 2 is 2.33 bits per heavy atom. The maximum Gasteiger partial charge on any atom is 0.250 e. The van der Waals surface area contributed by atoms with Gasteiger partial charge in [-0.25, -0.2) is 0 Å². The molecule has 1 heterocycles. The standard InChI is InChI=1S/C5H8N2OS/c1-3-4(8)7(2)5(9)6-3/h3H,1-2H3,(H,6,9). The van der Waals surface area contributed by atoms with Crippen molar-refractivity contribution in [2.75, 3.05) is 7.05 Å². The number of nitrogens with one attached hydrogen (secondary N) is 1. The Hall–Kier alpha value is -0.640. The van der Waals surface area contributed by atoms with Gasteiger partial charge in [-0.15, -0.1) is 0 Å². The van der Waals surface area contributed by atoms with Crippen molar-refractivity contribution in [1.29, 1.82) is 0 Å². The van der Waals surface area contributed by atoms with E-state index >= 15 is 0 Å². The number of thiocarbonyl (C=S) groups is 1. The van der Waals surface area contributed by atoms with E-state index < -0.39 is 0 Å². The molecule has 1 unspecified atom stereocenters. The van der Waals surface area contributed by atoms with Gasteiger partial charge in [0.05, 0.1) is 0 Å². The highest BCUT2D eigenvalue weighted by atomic mass is 32.1. The number of hydrogen-bond donors (Lipinski definition) is 1. The molecule has 0 radical (unpaired) electrons. The average molecular weight is 144 g/mol. The molecule has 0 saturated carbocycles. The predicted octanol–water partition coefficient (Wildman–Crippen LogP) is -0.279. The van der Waals surface area contributed by atoms with Gasteiger partial charge < -0.3 is 5.32 Å². The van der Waals surface area contributed by atoms with Crippen LogP contribution in [0, 0.1) is 0 Å². The fourth-order valence-corrected chi connectivity index (χ4v) is 1.00. The number of carbonyl (C=O) groups is 1. The van der Waals surface area contributed by atoms with Gasteiger partial charge in [0.25, 0.3) is 5.91 Å². The quantitative estimate of drug-likeness (QED) is 0.475. The molecule has 0 bridgehead atoms. The SMILES string of the molecule is CC1NC(=S)N(C)C1=O. The number of carbonyl (C=O) groups excluding carboxylic acids is 1. The van der Waals surface area contributed by atoms with E-state index in [-0.39, 0.29) is 11.9 Å². The first kappa shape index (κ1) is 6.48. The van der Waals surface area contributed by atoms with Crippen molar-refractivity contribution in [3.63, 3.8) is 0 Å². The van der Waals surface area contributed by atoms with E-state index in [1.807, 2.05) is 0 Å². The second-order valence-corrected chi connectivity index (χ2v) is 2.46. The molecule has 1 aliphatic rings. The Labute approximate surface area is 59.0 Å². The molecule has 1 rings (SSSR count). The molecule has 9 heavy (non-hydrogen) atoms. The molecule has 1 N–H and O–H groups in total. The van der Waals surface area contributed by atoms with Crippen LogP contribution in [0.15, 0.2) is 0 Å². The highest BCUT2D eigenvalue weighted by Gasteiger charge is 2.28. The summed E-state index contributed by atoms with van der Waals surface area (Å²) >= 11 is 4.79. The molecule has 1 aliphatic heterocycles. The zero-order chi connectivity index (χ0) is 7.02. The first-order valence-electron chi connectivity index (χ1n) is 2.71. The molecule has 0 aromatic carbocycles. The summed E-state index contributed by atoms with van der Waals surface area (Å²) in [5.74, 6) is 0.0417. The van der Waals surface area contributed by atoms with Gasteiger partial charge in [-0.1, -0.05) is 0 Å². The molecule has 50 valence electrons. The smallest absolute Gasteiger partial charge is 0.250 e. The van der Waals surface area contributed by atoms with Gasteiger partial charge in [0.15, 0.2) is 5.11 Å². The lowest BCUT2D eigenvalue weighted by atomic mass is 10.3. The molecule has 1 amide bonds. The molecule has 3 nitrogen and oxygen atoms in total. The van der Waals surface area contributed by atoms with Crippen LogP contribution in [0.3, 0.4) is 0 Å². The first-order chi connectivity index (χ1) is 4.13. The minimum atomic E-state index is -0.137. The highest BCUT2D eigenvalue weighted by molar-refractivity contribution is 7.80. The lowest BCUT2D eigenvalue weighted by Crippen LogP contribution is -2.25. The van der Waals surface area contributed by atoms with Gasteiger partial charge in [-0.3, -0.25) is 9.69 Å². The van der Waals surface area contributed by atoms with Gasteiger partial charge in [0.1, 0.15) is 6.04 Å². The summed E-state index contributed by atoms with van der Waals surface area (Å²) in [6.45, 7) is 1.79. The molecule has 1 saturated heterocycles. The lowest BCUT2D eigenvalue weighted by molar-refractivity contribution is -0.125. The molecular formula is C5H8N2OS. The van der Waals surface area contributed by atoms with E-state index in [4.69, 9.17) is 12.2 Å². The van der Waals surface area contributed by atoms with E-state index in [1.165, 1.54) is 4.90 Å². The fourth-order valence-electron chi connectivity index (χ4n) is 0.734. The number of nitrogens with zero attached hydrogens (tertiary/aromatic N) is 1. The third-order valence-corrected chi connectivity index (χ3v) is 1.74. The minimum absolute atomic E-state index is 0.0417. The third-order valence-electron chi connectivity index (χ3n) is 1.35. The third kappa shape index (κ3) is 0.896. The van der Waals surface area contributed by atoms with Crippen LogP contribution in [0.25, 0.3) is 0 Å². The van der Waals surface area contributed by atoms with Gasteiger partial charge in [0, 0.05) is 7.05 Å². The van der Waals surface area contributed by atoms with Crippen LogP contribution in [-0.4, -0.2) is 29.0 Å². The summed E-state index contributed by atoms with van der Waals surface area (Å²) in [5, 5.41) is 3.34. The van der Waals surface area contributed by atoms with Crippen molar-refractivity contribution in [3.05, 3.63) is 0 Å². The Morgan fingerprint density at radius 3 is 2.44 bits per heavy atom. The number of hydrogen-bond acceptors (Lipinski definition) is 2. The van der Waals surface area contributed by atoms with Crippen molar-refractivity contribution in [3.8, 4) is 0 Å². The molecule has 0 aromatic heterocycles. The summed E-state index contributed by atoms with van der Waals surface area (Å²) in [4.78, 5) is 12.3. The second kappa shape index (κ2) is 1.95. The van der Waals surface area contributed by atoms with Crippen LogP contribution in [0.2, 0.25) is 0 Å². The Balaban J connectivity index is 2.77. The zero-order valence-corrected chi connectivity index (χ0v) is 6.16. The molecule has 1 fully saturated rings. The Morgan fingerprint density at radius 1 is 1.78 bits per heavy atom. The van der Waals surface area contributed by atoms with Crippen LogP contribution in [0.5, 0.6) is 0 Å². The van der Waals surface area contributed by atoms with Crippen molar-refractivity contribution in [1.82, 2.24) is 10.2 Å². The molecule has 1 atom stereocenters. The van der Waals surface area contributed by atoms with Gasteiger partial charge in [-0.2, -0.15) is 0 Å². The summed E-state index contributed by atoms with van der Waals surface area (Å²) in [6, 6.07) is -0.137. The summed E-state index contributed by atoms with van der Waals surface area (Å²) < 4.78 is 0.